The van der Waals surface area contributed by atoms with Crippen LogP contribution >= 0.6 is 11.6 Å². The van der Waals surface area contributed by atoms with Crippen LogP contribution in [0.3, 0.4) is 0 Å². The van der Waals surface area contributed by atoms with Crippen LogP contribution in [-0.4, -0.2) is 68.4 Å². The number of carboxylic acids is 1. The van der Waals surface area contributed by atoms with Crippen LogP contribution in [0.5, 0.6) is 5.88 Å². The summed E-state index contributed by atoms with van der Waals surface area (Å²) < 4.78 is 27.9. The summed E-state index contributed by atoms with van der Waals surface area (Å²) in [7, 11) is 0. The third kappa shape index (κ3) is 5.23. The van der Waals surface area contributed by atoms with Crippen LogP contribution in [0.15, 0.2) is 48.5 Å². The summed E-state index contributed by atoms with van der Waals surface area (Å²) in [6.07, 6.45) is 3.07. The van der Waals surface area contributed by atoms with Gasteiger partial charge in [0.05, 0.1) is 52.4 Å². The monoisotopic (exact) mass is 616 g/mol. The van der Waals surface area contributed by atoms with E-state index in [1.165, 1.54) is 12.1 Å². The molecule has 4 aromatic rings. The predicted molar refractivity (Wildman–Crippen MR) is 160 cm³/mol. The van der Waals surface area contributed by atoms with Gasteiger partial charge in [0.2, 0.25) is 5.88 Å². The van der Waals surface area contributed by atoms with Gasteiger partial charge in [0.25, 0.3) is 0 Å². The molecular weight excluding hydrogens is 587 g/mol. The van der Waals surface area contributed by atoms with Crippen molar-refractivity contribution in [2.45, 2.75) is 57.1 Å². The molecule has 1 N–H and O–H groups in total. The van der Waals surface area contributed by atoms with Crippen LogP contribution < -0.4 is 9.64 Å². The number of nitriles is 1. The van der Waals surface area contributed by atoms with E-state index in [-0.39, 0.29) is 34.9 Å². The van der Waals surface area contributed by atoms with E-state index in [4.69, 9.17) is 36.3 Å². The van der Waals surface area contributed by atoms with Crippen molar-refractivity contribution in [3.05, 3.63) is 81.9 Å². The molecule has 2 aromatic carbocycles. The van der Waals surface area contributed by atoms with E-state index in [0.717, 1.165) is 50.6 Å². The Balaban J connectivity index is 1.08. The summed E-state index contributed by atoms with van der Waals surface area (Å²) in [4.78, 5) is 26.2. The summed E-state index contributed by atoms with van der Waals surface area (Å²) in [6.45, 7) is 3.48. The van der Waals surface area contributed by atoms with Gasteiger partial charge in [-0.2, -0.15) is 10.2 Å². The Morgan fingerprint density at radius 1 is 1.14 bits per heavy atom. The number of aromatic carboxylic acids is 1. The minimum absolute atomic E-state index is 0.0126. The zero-order valence-electron chi connectivity index (χ0n) is 23.8. The number of pyridine rings is 1. The Morgan fingerprint density at radius 3 is 2.68 bits per heavy atom. The van der Waals surface area contributed by atoms with Crippen molar-refractivity contribution in [1.29, 1.82) is 5.26 Å². The second kappa shape index (κ2) is 11.7. The van der Waals surface area contributed by atoms with Gasteiger partial charge in [0.1, 0.15) is 24.1 Å². The molecule has 0 amide bonds. The van der Waals surface area contributed by atoms with E-state index < -0.39 is 11.8 Å². The zero-order valence-corrected chi connectivity index (χ0v) is 24.6. The summed E-state index contributed by atoms with van der Waals surface area (Å²) in [6, 6.07) is 15.7. The number of ether oxygens (including phenoxy) is 2. The third-order valence-corrected chi connectivity index (χ3v) is 9.32. The van der Waals surface area contributed by atoms with Crippen LogP contribution in [0.2, 0.25) is 5.02 Å². The molecule has 0 unspecified atom stereocenters. The summed E-state index contributed by atoms with van der Waals surface area (Å²) in [5, 5.41) is 18.8. The SMILES string of the molecule is N#Cc1ccc(COc2cccc(N3CCN(Cc4nc5ccc(C(=O)O)c(Cl)c5n4C[C@@H]4CCO4)[C@H]4CC[C@H]43)n2)c(F)c1. The predicted octanol–water partition coefficient (Wildman–Crippen LogP) is 5.01. The van der Waals surface area contributed by atoms with E-state index in [1.54, 1.807) is 24.3 Å². The first kappa shape index (κ1) is 28.5. The first-order valence-electron chi connectivity index (χ1n) is 14.7. The Hall–Kier alpha value is -4.24. The van der Waals surface area contributed by atoms with Gasteiger partial charge >= 0.3 is 5.97 Å². The van der Waals surface area contributed by atoms with Crippen LogP contribution in [0.4, 0.5) is 10.2 Å². The highest BCUT2D eigenvalue weighted by Gasteiger charge is 2.44. The maximum atomic E-state index is 14.3. The Bertz CT molecular complexity index is 1790. The van der Waals surface area contributed by atoms with Gasteiger partial charge in [-0.15, -0.1) is 0 Å². The molecule has 3 fully saturated rings. The molecule has 12 heteroatoms. The lowest BCUT2D eigenvalue weighted by Crippen LogP contribution is -2.64. The fourth-order valence-electron chi connectivity index (χ4n) is 6.36. The quantitative estimate of drug-likeness (QED) is 0.277. The number of carboxylic acid groups (broad SMARTS) is 1. The van der Waals surface area contributed by atoms with Gasteiger partial charge in [-0.3, -0.25) is 4.90 Å². The summed E-state index contributed by atoms with van der Waals surface area (Å²) in [5.41, 5.74) is 2.01. The molecule has 44 heavy (non-hydrogen) atoms. The average Bonchev–Trinajstić information content (AvgIpc) is 3.32. The van der Waals surface area contributed by atoms with Crippen LogP contribution in [0.25, 0.3) is 11.0 Å². The molecule has 4 heterocycles. The third-order valence-electron chi connectivity index (χ3n) is 8.94. The summed E-state index contributed by atoms with van der Waals surface area (Å²) >= 11 is 6.63. The molecule has 0 spiro atoms. The first-order chi connectivity index (χ1) is 21.4. The van der Waals surface area contributed by atoms with Crippen LogP contribution in [0, 0.1) is 17.1 Å². The molecule has 3 aliphatic rings. The number of rotatable bonds is 9. The highest BCUT2D eigenvalue weighted by molar-refractivity contribution is 6.37. The van der Waals surface area contributed by atoms with E-state index in [0.29, 0.717) is 41.6 Å². The number of imidazole rings is 1. The fraction of sp³-hybridized carbons (Fsp3) is 0.375. The lowest BCUT2D eigenvalue weighted by Gasteiger charge is -2.54. The van der Waals surface area contributed by atoms with Crippen molar-refractivity contribution in [3.63, 3.8) is 0 Å². The molecule has 3 atom stereocenters. The zero-order chi connectivity index (χ0) is 30.4. The molecule has 7 rings (SSSR count). The standard InChI is InChI=1S/C32H30ClFN6O4/c33-30-22(32(41)42)6-7-24-31(30)40(16-21-10-13-43-21)28(36-24)17-38-11-12-39(26-9-8-25(26)38)27-2-1-3-29(37-27)44-18-20-5-4-19(15-35)14-23(20)34/h1-7,14,21,25-26H,8-13,16-18H2,(H,41,42)/t21-,25-,26+/m0/s1. The maximum absolute atomic E-state index is 14.3. The summed E-state index contributed by atoms with van der Waals surface area (Å²) in [5.74, 6) is 0.534. The number of aromatic nitrogens is 3. The van der Waals surface area contributed by atoms with Crippen molar-refractivity contribution < 1.29 is 23.8 Å². The van der Waals surface area contributed by atoms with Crippen LogP contribution in [0.1, 0.15) is 46.6 Å². The smallest absolute Gasteiger partial charge is 0.337 e. The van der Waals surface area contributed by atoms with E-state index in [1.807, 2.05) is 22.8 Å². The van der Waals surface area contributed by atoms with E-state index in [9.17, 15) is 14.3 Å². The van der Waals surface area contributed by atoms with Crippen molar-refractivity contribution in [3.8, 4) is 11.9 Å². The minimum atomic E-state index is -1.07. The molecule has 0 radical (unpaired) electrons. The van der Waals surface area contributed by atoms with Gasteiger partial charge in [-0.05, 0) is 49.6 Å². The van der Waals surface area contributed by atoms with Gasteiger partial charge in [-0.25, -0.2) is 14.2 Å². The largest absolute Gasteiger partial charge is 0.478 e. The molecule has 0 bridgehead atoms. The first-order valence-corrected chi connectivity index (χ1v) is 15.1. The lowest BCUT2D eigenvalue weighted by atomic mass is 9.81. The molecule has 2 saturated heterocycles. The normalized spacial score (nSPS) is 21.3. The molecule has 2 aromatic heterocycles. The topological polar surface area (TPSA) is 117 Å². The number of nitrogens with zero attached hydrogens (tertiary/aromatic N) is 6. The number of halogens is 2. The van der Waals surface area contributed by atoms with E-state index in [2.05, 4.69) is 9.80 Å². The number of hydrogen-bond acceptors (Lipinski definition) is 8. The number of piperazine rings is 1. The number of hydrogen-bond donors (Lipinski definition) is 1. The number of anilines is 1. The maximum Gasteiger partial charge on any atom is 0.337 e. The lowest BCUT2D eigenvalue weighted by molar-refractivity contribution is -0.0594. The number of benzene rings is 2. The van der Waals surface area contributed by atoms with Crippen molar-refractivity contribution in [2.24, 2.45) is 0 Å². The van der Waals surface area contributed by atoms with Gasteiger partial charge < -0.3 is 24.0 Å². The van der Waals surface area contributed by atoms with Crippen molar-refractivity contribution in [1.82, 2.24) is 19.4 Å². The molecule has 10 nitrogen and oxygen atoms in total. The minimum Gasteiger partial charge on any atom is -0.478 e. The van der Waals surface area contributed by atoms with Gasteiger partial charge in [0, 0.05) is 43.4 Å². The molecule has 226 valence electrons. The molecular formula is C32H30ClFN6O4. The molecule has 1 saturated carbocycles. The highest BCUT2D eigenvalue weighted by Crippen LogP contribution is 2.38. The van der Waals surface area contributed by atoms with Crippen LogP contribution in [-0.2, 0) is 24.4 Å². The Labute approximate surface area is 258 Å². The molecule has 1 aliphatic carbocycles. The van der Waals surface area contributed by atoms with Crippen molar-refractivity contribution >= 4 is 34.4 Å². The second-order valence-electron chi connectivity index (χ2n) is 11.4. The van der Waals surface area contributed by atoms with E-state index >= 15 is 0 Å². The average molecular weight is 617 g/mol. The van der Waals surface area contributed by atoms with Gasteiger partial charge in [-0.1, -0.05) is 23.7 Å². The number of fused-ring (bicyclic) bond motifs is 2. The second-order valence-corrected chi connectivity index (χ2v) is 11.8. The Morgan fingerprint density at radius 2 is 1.98 bits per heavy atom. The van der Waals surface area contributed by atoms with Crippen molar-refractivity contribution in [2.75, 3.05) is 24.6 Å². The van der Waals surface area contributed by atoms with Gasteiger partial charge in [0.15, 0.2) is 0 Å². The number of carbonyl (C=O) groups is 1. The fourth-order valence-corrected chi connectivity index (χ4v) is 6.70. The highest BCUT2D eigenvalue weighted by atomic mass is 35.5. The molecule has 2 aliphatic heterocycles. The Kier molecular flexibility index (Phi) is 7.58.